The summed E-state index contributed by atoms with van der Waals surface area (Å²) in [6.07, 6.45) is 4.89. The minimum Gasteiger partial charge on any atom is -0.497 e. The Morgan fingerprint density at radius 2 is 2.00 bits per heavy atom. The van der Waals surface area contributed by atoms with Crippen LogP contribution >= 0.6 is 0 Å². The van der Waals surface area contributed by atoms with Crippen molar-refractivity contribution < 1.29 is 18.8 Å². The lowest BCUT2D eigenvalue weighted by Gasteiger charge is -2.35. The van der Waals surface area contributed by atoms with Crippen molar-refractivity contribution in [3.05, 3.63) is 41.5 Å². The highest BCUT2D eigenvalue weighted by atomic mass is 16.5. The number of amides is 2. The molecule has 1 saturated carbocycles. The number of nitrogens with zero attached hydrogens (tertiary/aromatic N) is 3. The summed E-state index contributed by atoms with van der Waals surface area (Å²) in [5, 5.41) is 7.11. The molecule has 0 spiro atoms. The highest BCUT2D eigenvalue weighted by Crippen LogP contribution is 2.37. The van der Waals surface area contributed by atoms with Gasteiger partial charge in [0.05, 0.1) is 13.0 Å². The number of carbonyl (C=O) groups excluding carboxylic acids is 2. The third-order valence-electron chi connectivity index (χ3n) is 6.12. The molecule has 0 radical (unpaired) electrons. The average Bonchev–Trinajstić information content (AvgIpc) is 3.35. The number of rotatable bonds is 6. The molecule has 1 atom stereocenters. The molecule has 4 rings (SSSR count). The molecule has 2 aliphatic rings. The molecule has 1 aliphatic carbocycles. The summed E-state index contributed by atoms with van der Waals surface area (Å²) in [6.45, 7) is 2.67. The van der Waals surface area contributed by atoms with E-state index in [0.29, 0.717) is 24.8 Å². The fourth-order valence-corrected chi connectivity index (χ4v) is 4.43. The topological polar surface area (TPSA) is 97.6 Å². The second kappa shape index (κ2) is 8.45. The van der Waals surface area contributed by atoms with Crippen LogP contribution in [0.1, 0.15) is 55.8 Å². The van der Waals surface area contributed by atoms with Crippen LogP contribution < -0.4 is 10.1 Å². The van der Waals surface area contributed by atoms with Crippen LogP contribution in [0.25, 0.3) is 0 Å². The van der Waals surface area contributed by atoms with Gasteiger partial charge < -0.3 is 19.5 Å². The quantitative estimate of drug-likeness (QED) is 0.783. The summed E-state index contributed by atoms with van der Waals surface area (Å²) in [6, 6.07) is 7.63. The number of likely N-dealkylation sites (tertiary alicyclic amines) is 1. The first-order valence-corrected chi connectivity index (χ1v) is 10.5. The molecule has 1 aromatic carbocycles. The van der Waals surface area contributed by atoms with E-state index in [2.05, 4.69) is 15.5 Å². The Balaban J connectivity index is 1.43. The lowest BCUT2D eigenvalue weighted by molar-refractivity contribution is -0.130. The van der Waals surface area contributed by atoms with Gasteiger partial charge in [-0.15, -0.1) is 0 Å². The second-order valence-corrected chi connectivity index (χ2v) is 8.30. The molecule has 2 heterocycles. The number of benzene rings is 1. The van der Waals surface area contributed by atoms with Gasteiger partial charge in [-0.1, -0.05) is 36.6 Å². The van der Waals surface area contributed by atoms with Crippen molar-refractivity contribution in [1.29, 1.82) is 0 Å². The van der Waals surface area contributed by atoms with Crippen molar-refractivity contribution in [2.24, 2.45) is 5.92 Å². The Labute approximate surface area is 176 Å². The molecule has 160 valence electrons. The summed E-state index contributed by atoms with van der Waals surface area (Å²) >= 11 is 0. The molecule has 1 unspecified atom stereocenters. The average molecular weight is 412 g/mol. The summed E-state index contributed by atoms with van der Waals surface area (Å²) < 4.78 is 10.6. The van der Waals surface area contributed by atoms with Crippen molar-refractivity contribution in [3.8, 4) is 5.75 Å². The minimum atomic E-state index is -0.622. The highest BCUT2D eigenvalue weighted by Gasteiger charge is 2.43. The van der Waals surface area contributed by atoms with E-state index in [4.69, 9.17) is 9.26 Å². The molecule has 2 aromatic rings. The third-order valence-corrected chi connectivity index (χ3v) is 6.12. The third kappa shape index (κ3) is 4.17. The maximum absolute atomic E-state index is 13.1. The fourth-order valence-electron chi connectivity index (χ4n) is 4.43. The SMILES string of the molecule is COc1ccc(CN2CC(C(=O)NC3(c4nc(C)no4)CCCCC3)CC2=O)cc1. The maximum atomic E-state index is 13.1. The Morgan fingerprint density at radius 3 is 2.63 bits per heavy atom. The largest absolute Gasteiger partial charge is 0.497 e. The van der Waals surface area contributed by atoms with Crippen LogP contribution in [0.2, 0.25) is 0 Å². The van der Waals surface area contributed by atoms with Crippen LogP contribution in [0.3, 0.4) is 0 Å². The highest BCUT2D eigenvalue weighted by molar-refractivity contribution is 5.89. The Bertz CT molecular complexity index is 902. The zero-order valence-electron chi connectivity index (χ0n) is 17.5. The number of aryl methyl sites for hydroxylation is 1. The van der Waals surface area contributed by atoms with Crippen LogP contribution in [0.4, 0.5) is 0 Å². The maximum Gasteiger partial charge on any atom is 0.252 e. The first-order valence-electron chi connectivity index (χ1n) is 10.5. The van der Waals surface area contributed by atoms with Gasteiger partial charge in [-0.3, -0.25) is 9.59 Å². The number of aromatic nitrogens is 2. The van der Waals surface area contributed by atoms with Crippen LogP contribution in [-0.2, 0) is 21.7 Å². The van der Waals surface area contributed by atoms with Gasteiger partial charge in [0.1, 0.15) is 11.3 Å². The summed E-state index contributed by atoms with van der Waals surface area (Å²) in [4.78, 5) is 31.8. The molecule has 8 heteroatoms. The smallest absolute Gasteiger partial charge is 0.252 e. The zero-order chi connectivity index (χ0) is 21.1. The summed E-state index contributed by atoms with van der Waals surface area (Å²) in [5.41, 5.74) is 0.388. The molecule has 2 fully saturated rings. The first kappa shape index (κ1) is 20.4. The van der Waals surface area contributed by atoms with Gasteiger partial charge >= 0.3 is 0 Å². The number of ether oxygens (including phenoxy) is 1. The fraction of sp³-hybridized carbons (Fsp3) is 0.545. The molecule has 1 N–H and O–H groups in total. The molecule has 0 bridgehead atoms. The minimum absolute atomic E-state index is 0.00250. The monoisotopic (exact) mass is 412 g/mol. The molecule has 8 nitrogen and oxygen atoms in total. The summed E-state index contributed by atoms with van der Waals surface area (Å²) in [5.74, 6) is 1.32. The van der Waals surface area contributed by atoms with Crippen LogP contribution in [0.15, 0.2) is 28.8 Å². The molecule has 1 aromatic heterocycles. The van der Waals surface area contributed by atoms with Gasteiger partial charge in [0.2, 0.25) is 11.8 Å². The number of methoxy groups -OCH3 is 1. The number of carbonyl (C=O) groups is 2. The Hall–Kier alpha value is -2.90. The van der Waals surface area contributed by atoms with Gasteiger partial charge in [0.25, 0.3) is 5.89 Å². The van der Waals surface area contributed by atoms with E-state index in [-0.39, 0.29) is 24.2 Å². The van der Waals surface area contributed by atoms with Crippen LogP contribution in [0.5, 0.6) is 5.75 Å². The van der Waals surface area contributed by atoms with E-state index in [1.54, 1.807) is 18.9 Å². The molecular formula is C22H28N4O4. The van der Waals surface area contributed by atoms with E-state index in [9.17, 15) is 9.59 Å². The second-order valence-electron chi connectivity index (χ2n) is 8.30. The van der Waals surface area contributed by atoms with E-state index in [0.717, 1.165) is 43.4 Å². The normalized spacial score (nSPS) is 20.9. The van der Waals surface area contributed by atoms with E-state index in [1.165, 1.54) is 0 Å². The summed E-state index contributed by atoms with van der Waals surface area (Å²) in [7, 11) is 1.62. The molecule has 2 amide bonds. The van der Waals surface area contributed by atoms with Crippen LogP contribution in [-0.4, -0.2) is 40.5 Å². The van der Waals surface area contributed by atoms with E-state index < -0.39 is 5.54 Å². The predicted octanol–water partition coefficient (Wildman–Crippen LogP) is 2.71. The lowest BCUT2D eigenvalue weighted by atomic mass is 9.81. The molecule has 1 saturated heterocycles. The Kier molecular flexibility index (Phi) is 5.74. The van der Waals surface area contributed by atoms with Gasteiger partial charge in [-0.2, -0.15) is 4.98 Å². The molecule has 1 aliphatic heterocycles. The van der Waals surface area contributed by atoms with Gasteiger partial charge in [-0.25, -0.2) is 0 Å². The molecule has 30 heavy (non-hydrogen) atoms. The Morgan fingerprint density at radius 1 is 1.27 bits per heavy atom. The number of hydrogen-bond acceptors (Lipinski definition) is 6. The number of hydrogen-bond donors (Lipinski definition) is 1. The molecular weight excluding hydrogens is 384 g/mol. The lowest BCUT2D eigenvalue weighted by Crippen LogP contribution is -2.50. The number of nitrogens with one attached hydrogen (secondary N) is 1. The standard InChI is InChI=1S/C22H28N4O4/c1-15-23-21(30-25-15)22(10-4-3-5-11-22)24-20(28)17-12-19(27)26(14-17)13-16-6-8-18(29-2)9-7-16/h6-9,17H,3-5,10-14H2,1-2H3,(H,24,28). The first-order chi connectivity index (χ1) is 14.5. The zero-order valence-corrected chi connectivity index (χ0v) is 17.5. The van der Waals surface area contributed by atoms with Crippen molar-refractivity contribution in [2.75, 3.05) is 13.7 Å². The van der Waals surface area contributed by atoms with Gasteiger partial charge in [-0.05, 0) is 37.5 Å². The van der Waals surface area contributed by atoms with Crippen molar-refractivity contribution in [1.82, 2.24) is 20.4 Å². The van der Waals surface area contributed by atoms with E-state index in [1.807, 2.05) is 24.3 Å². The van der Waals surface area contributed by atoms with E-state index >= 15 is 0 Å². The van der Waals surface area contributed by atoms with Crippen molar-refractivity contribution >= 4 is 11.8 Å². The predicted molar refractivity (Wildman–Crippen MR) is 108 cm³/mol. The van der Waals surface area contributed by atoms with Crippen molar-refractivity contribution in [3.63, 3.8) is 0 Å². The van der Waals surface area contributed by atoms with Crippen LogP contribution in [0, 0.1) is 12.8 Å². The van der Waals surface area contributed by atoms with Gasteiger partial charge in [0.15, 0.2) is 5.82 Å². The van der Waals surface area contributed by atoms with Gasteiger partial charge in [0, 0.05) is 19.5 Å². The van der Waals surface area contributed by atoms with Crippen molar-refractivity contribution in [2.45, 2.75) is 57.5 Å².